The van der Waals surface area contributed by atoms with Crippen molar-refractivity contribution in [2.75, 3.05) is 25.6 Å². The van der Waals surface area contributed by atoms with Crippen LogP contribution in [0.1, 0.15) is 12.0 Å². The van der Waals surface area contributed by atoms with Gasteiger partial charge in [-0.15, -0.1) is 4.41 Å². The smallest absolute Gasteiger partial charge is 0.234 e. The lowest BCUT2D eigenvalue weighted by atomic mass is 10.2. The van der Waals surface area contributed by atoms with Crippen molar-refractivity contribution in [3.8, 4) is 0 Å². The largest absolute Gasteiger partial charge is 0.256 e. The molecule has 1 saturated heterocycles. The van der Waals surface area contributed by atoms with E-state index < -0.39 is 25.9 Å². The first-order valence-corrected chi connectivity index (χ1v) is 10.4. The average molecular weight is 367 g/mol. The van der Waals surface area contributed by atoms with Gasteiger partial charge in [0.15, 0.2) is 9.84 Å². The molecule has 1 aromatic rings. The number of aryl methyl sites for hydroxylation is 1. The van der Waals surface area contributed by atoms with E-state index in [0.717, 1.165) is 4.41 Å². The number of hydrogen-bond donors (Lipinski definition) is 0. The van der Waals surface area contributed by atoms with Crippen molar-refractivity contribution < 1.29 is 16.8 Å². The maximum Gasteiger partial charge on any atom is 0.256 e. The molecule has 0 N–H and O–H groups in total. The monoisotopic (exact) mass is 366 g/mol. The molecule has 1 fully saturated rings. The Morgan fingerprint density at radius 3 is 2.41 bits per heavy atom. The molecule has 1 aromatic carbocycles. The molecule has 0 bridgehead atoms. The van der Waals surface area contributed by atoms with Crippen LogP contribution in [-0.2, 0) is 19.9 Å². The van der Waals surface area contributed by atoms with Crippen molar-refractivity contribution in [2.45, 2.75) is 24.3 Å². The Kier molecular flexibility index (Phi) is 4.89. The fourth-order valence-electron chi connectivity index (χ4n) is 2.64. The minimum absolute atomic E-state index is 0.00601. The fraction of sp³-hybridized carbons (Fsp3) is 0.538. The molecule has 1 atom stereocenters. The highest BCUT2D eigenvalue weighted by Gasteiger charge is 2.40. The van der Waals surface area contributed by atoms with Crippen LogP contribution in [0.3, 0.4) is 0 Å². The molecule has 9 heteroatoms. The topological polar surface area (TPSA) is 74.8 Å². The minimum Gasteiger partial charge on any atom is -0.234 e. The Labute approximate surface area is 136 Å². The molecule has 1 heterocycles. The maximum atomic E-state index is 13.0. The quantitative estimate of drug-likeness (QED) is 0.751. The molecule has 1 aliphatic rings. The van der Waals surface area contributed by atoms with Crippen molar-refractivity contribution in [1.82, 2.24) is 9.42 Å². The second kappa shape index (κ2) is 6.09. The molecule has 22 heavy (non-hydrogen) atoms. The second-order valence-corrected chi connectivity index (χ2v) is 10.0. The van der Waals surface area contributed by atoms with Gasteiger partial charge in [0, 0.05) is 19.1 Å². The third kappa shape index (κ3) is 3.46. The highest BCUT2D eigenvalue weighted by atomic mass is 35.5. The van der Waals surface area contributed by atoms with Crippen LogP contribution in [0.4, 0.5) is 0 Å². The number of hydrogen-bond acceptors (Lipinski definition) is 5. The molecule has 0 aromatic heterocycles. The molecule has 0 amide bonds. The number of rotatable bonds is 4. The predicted octanol–water partition coefficient (Wildman–Crippen LogP) is 1.30. The molecule has 0 radical (unpaired) electrons. The predicted molar refractivity (Wildman–Crippen MR) is 86.0 cm³/mol. The van der Waals surface area contributed by atoms with Gasteiger partial charge in [0.25, 0.3) is 10.0 Å². The molecule has 0 spiro atoms. The van der Waals surface area contributed by atoms with Crippen LogP contribution in [0.5, 0.6) is 0 Å². The summed E-state index contributed by atoms with van der Waals surface area (Å²) in [5, 5.41) is 1.74. The van der Waals surface area contributed by atoms with Gasteiger partial charge in [-0.2, -0.15) is 0 Å². The molecule has 2 rings (SSSR count). The van der Waals surface area contributed by atoms with Crippen LogP contribution in [0.15, 0.2) is 23.1 Å². The number of hydrazine groups is 1. The lowest BCUT2D eigenvalue weighted by molar-refractivity contribution is 0.0893. The average Bonchev–Trinajstić information content (AvgIpc) is 2.71. The van der Waals surface area contributed by atoms with E-state index in [2.05, 4.69) is 0 Å². The summed E-state index contributed by atoms with van der Waals surface area (Å²) in [5.41, 5.74) is 0.567. The van der Waals surface area contributed by atoms with Crippen LogP contribution >= 0.6 is 11.6 Å². The van der Waals surface area contributed by atoms with Gasteiger partial charge in [-0.05, 0) is 31.0 Å². The second-order valence-electron chi connectivity index (χ2n) is 5.59. The van der Waals surface area contributed by atoms with E-state index in [4.69, 9.17) is 11.6 Å². The van der Waals surface area contributed by atoms with E-state index in [1.807, 2.05) is 0 Å². The standard InChI is InChI=1S/C13H19ClN2O4S2/c1-10-4-5-11(14)8-13(10)22(19,20)16(15(2)3)12-6-7-21(17,18)9-12/h4-5,8,12H,6-7,9H2,1-3H3/t12-/m0/s1. The molecule has 6 nitrogen and oxygen atoms in total. The number of halogens is 1. The maximum absolute atomic E-state index is 13.0. The molecule has 124 valence electrons. The molecule has 0 aliphatic carbocycles. The van der Waals surface area contributed by atoms with Gasteiger partial charge in [-0.1, -0.05) is 17.7 Å². The van der Waals surface area contributed by atoms with E-state index in [0.29, 0.717) is 17.0 Å². The third-order valence-electron chi connectivity index (χ3n) is 3.59. The summed E-state index contributed by atoms with van der Waals surface area (Å²) in [6, 6.07) is 4.06. The van der Waals surface area contributed by atoms with Crippen LogP contribution in [-0.4, -0.2) is 57.9 Å². The van der Waals surface area contributed by atoms with Gasteiger partial charge >= 0.3 is 0 Å². The lowest BCUT2D eigenvalue weighted by Crippen LogP contribution is -2.49. The molecule has 0 saturated carbocycles. The van der Waals surface area contributed by atoms with E-state index in [1.165, 1.54) is 11.1 Å². The highest BCUT2D eigenvalue weighted by molar-refractivity contribution is 7.92. The van der Waals surface area contributed by atoms with Crippen molar-refractivity contribution in [3.05, 3.63) is 28.8 Å². The highest BCUT2D eigenvalue weighted by Crippen LogP contribution is 2.29. The zero-order valence-electron chi connectivity index (χ0n) is 12.7. The van der Waals surface area contributed by atoms with Crippen LogP contribution < -0.4 is 0 Å². The van der Waals surface area contributed by atoms with Crippen LogP contribution in [0.2, 0.25) is 5.02 Å². The number of nitrogens with zero attached hydrogens (tertiary/aromatic N) is 2. The summed E-state index contributed by atoms with van der Waals surface area (Å²) < 4.78 is 50.5. The summed E-state index contributed by atoms with van der Waals surface area (Å²) >= 11 is 5.92. The summed E-state index contributed by atoms with van der Waals surface area (Å²) in [4.78, 5) is 0.0954. The Balaban J connectivity index is 2.50. The van der Waals surface area contributed by atoms with Gasteiger partial charge in [0.05, 0.1) is 22.4 Å². The summed E-state index contributed by atoms with van der Waals surface area (Å²) in [7, 11) is -3.90. The van der Waals surface area contributed by atoms with E-state index in [1.54, 1.807) is 33.2 Å². The van der Waals surface area contributed by atoms with Crippen molar-refractivity contribution >= 4 is 31.5 Å². The summed E-state index contributed by atoms with van der Waals surface area (Å²) in [5.74, 6) is -0.157. The Morgan fingerprint density at radius 1 is 1.27 bits per heavy atom. The van der Waals surface area contributed by atoms with Crippen molar-refractivity contribution in [3.63, 3.8) is 0 Å². The number of sulfonamides is 1. The van der Waals surface area contributed by atoms with E-state index >= 15 is 0 Å². The van der Waals surface area contributed by atoms with Gasteiger partial charge in [0.1, 0.15) is 0 Å². The Morgan fingerprint density at radius 2 is 1.91 bits per heavy atom. The molecular weight excluding hydrogens is 348 g/mol. The summed E-state index contributed by atoms with van der Waals surface area (Å²) in [6.07, 6.45) is 0.291. The van der Waals surface area contributed by atoms with Crippen LogP contribution in [0.25, 0.3) is 0 Å². The van der Waals surface area contributed by atoms with Crippen LogP contribution in [0, 0.1) is 6.92 Å². The van der Waals surface area contributed by atoms with Gasteiger partial charge in [-0.25, -0.2) is 21.8 Å². The summed E-state index contributed by atoms with van der Waals surface area (Å²) in [6.45, 7) is 1.68. The Bertz CT molecular complexity index is 775. The Hall–Kier alpha value is -0.670. The SMILES string of the molecule is Cc1ccc(Cl)cc1S(=O)(=O)N([C@H]1CCS(=O)(=O)C1)N(C)C. The van der Waals surface area contributed by atoms with Crippen molar-refractivity contribution in [2.24, 2.45) is 0 Å². The number of sulfone groups is 1. The van der Waals surface area contributed by atoms with Gasteiger partial charge < -0.3 is 0 Å². The zero-order chi connectivity index (χ0) is 16.7. The minimum atomic E-state index is -3.88. The fourth-order valence-corrected chi connectivity index (χ4v) is 6.62. The number of benzene rings is 1. The van der Waals surface area contributed by atoms with Gasteiger partial charge in [-0.3, -0.25) is 0 Å². The van der Waals surface area contributed by atoms with Gasteiger partial charge in [0.2, 0.25) is 0 Å². The molecule has 1 aliphatic heterocycles. The first kappa shape index (κ1) is 17.7. The van der Waals surface area contributed by atoms with Crippen molar-refractivity contribution in [1.29, 1.82) is 0 Å². The lowest BCUT2D eigenvalue weighted by Gasteiger charge is -2.33. The van der Waals surface area contributed by atoms with E-state index in [-0.39, 0.29) is 16.4 Å². The molecule has 0 unspecified atom stereocenters. The third-order valence-corrected chi connectivity index (χ3v) is 7.69. The first-order chi connectivity index (χ1) is 10.0. The molecular formula is C13H19ClN2O4S2. The first-order valence-electron chi connectivity index (χ1n) is 6.73. The zero-order valence-corrected chi connectivity index (χ0v) is 15.0. The normalized spacial score (nSPS) is 21.6. The van der Waals surface area contributed by atoms with E-state index in [9.17, 15) is 16.8 Å².